The van der Waals surface area contributed by atoms with Crippen LogP contribution in [0.1, 0.15) is 16.7 Å². The summed E-state index contributed by atoms with van der Waals surface area (Å²) in [5, 5.41) is 23.0. The van der Waals surface area contributed by atoms with Crippen molar-refractivity contribution in [2.45, 2.75) is 20.1 Å². The molecule has 33 heavy (non-hydrogen) atoms. The Hall–Kier alpha value is -2.54. The molecular formula is C26H27Cl2FN2O2. The number of nitrogens with zero attached hydrogens (tertiary/aromatic N) is 1. The summed E-state index contributed by atoms with van der Waals surface area (Å²) in [6.45, 7) is 2.90. The van der Waals surface area contributed by atoms with Gasteiger partial charge >= 0.3 is 0 Å². The SMILES string of the molecule is Cc1c(-c2ccc(-c3ccccc3)c(CNCCO)c2)nc2ccc(F)cc2c1CO.Cl.Cl. The van der Waals surface area contributed by atoms with Crippen LogP contribution in [0.5, 0.6) is 0 Å². The molecule has 1 aromatic heterocycles. The van der Waals surface area contributed by atoms with Gasteiger partial charge in [0.1, 0.15) is 5.82 Å². The maximum atomic E-state index is 13.8. The zero-order valence-electron chi connectivity index (χ0n) is 18.2. The van der Waals surface area contributed by atoms with Crippen molar-refractivity contribution in [1.82, 2.24) is 10.3 Å². The van der Waals surface area contributed by atoms with Gasteiger partial charge in [0.05, 0.1) is 24.4 Å². The summed E-state index contributed by atoms with van der Waals surface area (Å²) >= 11 is 0. The lowest BCUT2D eigenvalue weighted by atomic mass is 9.93. The van der Waals surface area contributed by atoms with Crippen LogP contribution in [0, 0.1) is 12.7 Å². The predicted molar refractivity (Wildman–Crippen MR) is 137 cm³/mol. The molecule has 0 saturated heterocycles. The molecule has 4 rings (SSSR count). The lowest BCUT2D eigenvalue weighted by molar-refractivity contribution is 0.282. The minimum absolute atomic E-state index is 0. The summed E-state index contributed by atoms with van der Waals surface area (Å²) in [6.07, 6.45) is 0. The Labute approximate surface area is 205 Å². The van der Waals surface area contributed by atoms with E-state index >= 15 is 0 Å². The van der Waals surface area contributed by atoms with Crippen LogP contribution in [-0.4, -0.2) is 28.3 Å². The van der Waals surface area contributed by atoms with Crippen molar-refractivity contribution in [1.29, 1.82) is 0 Å². The zero-order valence-corrected chi connectivity index (χ0v) is 19.8. The van der Waals surface area contributed by atoms with Gasteiger partial charge in [0, 0.05) is 24.0 Å². The fourth-order valence-electron chi connectivity index (χ4n) is 3.97. The Morgan fingerprint density at radius 2 is 1.67 bits per heavy atom. The molecule has 3 N–H and O–H groups in total. The van der Waals surface area contributed by atoms with Crippen LogP contribution in [0.25, 0.3) is 33.3 Å². The third-order valence-electron chi connectivity index (χ3n) is 5.55. The molecule has 4 nitrogen and oxygen atoms in total. The molecule has 1 heterocycles. The normalized spacial score (nSPS) is 10.5. The molecule has 4 aromatic rings. The third-order valence-corrected chi connectivity index (χ3v) is 5.55. The number of nitrogens with one attached hydrogen (secondary N) is 1. The minimum Gasteiger partial charge on any atom is -0.395 e. The number of aliphatic hydroxyl groups excluding tert-OH is 2. The highest BCUT2D eigenvalue weighted by Crippen LogP contribution is 2.33. The number of aromatic nitrogens is 1. The Bertz CT molecular complexity index is 1220. The average molecular weight is 489 g/mol. The largest absolute Gasteiger partial charge is 0.395 e. The Balaban J connectivity index is 0.00000193. The molecule has 0 radical (unpaired) electrons. The number of halogens is 3. The number of hydrogen-bond acceptors (Lipinski definition) is 4. The molecule has 0 unspecified atom stereocenters. The molecule has 0 saturated carbocycles. The molecule has 0 amide bonds. The van der Waals surface area contributed by atoms with E-state index in [0.717, 1.165) is 33.5 Å². The fourth-order valence-corrected chi connectivity index (χ4v) is 3.97. The number of benzene rings is 3. The van der Waals surface area contributed by atoms with E-state index in [0.29, 0.717) is 29.6 Å². The highest BCUT2D eigenvalue weighted by atomic mass is 35.5. The Morgan fingerprint density at radius 1 is 0.909 bits per heavy atom. The summed E-state index contributed by atoms with van der Waals surface area (Å²) < 4.78 is 13.8. The Kier molecular flexibility index (Phi) is 9.77. The van der Waals surface area contributed by atoms with Gasteiger partial charge in [-0.2, -0.15) is 0 Å². The van der Waals surface area contributed by atoms with Gasteiger partial charge in [-0.05, 0) is 59.0 Å². The van der Waals surface area contributed by atoms with E-state index in [1.165, 1.54) is 12.1 Å². The van der Waals surface area contributed by atoms with Gasteiger partial charge in [0.15, 0.2) is 0 Å². The van der Waals surface area contributed by atoms with Crippen molar-refractivity contribution in [2.24, 2.45) is 0 Å². The number of hydrogen-bond donors (Lipinski definition) is 3. The van der Waals surface area contributed by atoms with Crippen LogP contribution >= 0.6 is 24.8 Å². The first kappa shape index (κ1) is 26.7. The van der Waals surface area contributed by atoms with E-state index in [9.17, 15) is 9.50 Å². The molecule has 0 atom stereocenters. The summed E-state index contributed by atoms with van der Waals surface area (Å²) in [6, 6.07) is 20.8. The van der Waals surface area contributed by atoms with Gasteiger partial charge in [-0.15, -0.1) is 24.8 Å². The van der Waals surface area contributed by atoms with Crippen LogP contribution in [-0.2, 0) is 13.2 Å². The van der Waals surface area contributed by atoms with E-state index in [2.05, 4.69) is 29.6 Å². The van der Waals surface area contributed by atoms with Gasteiger partial charge in [-0.1, -0.05) is 42.5 Å². The van der Waals surface area contributed by atoms with E-state index < -0.39 is 0 Å². The molecule has 0 aliphatic heterocycles. The quantitative estimate of drug-likeness (QED) is 0.303. The topological polar surface area (TPSA) is 65.4 Å². The lowest BCUT2D eigenvalue weighted by Gasteiger charge is -2.16. The van der Waals surface area contributed by atoms with E-state index in [-0.39, 0.29) is 43.8 Å². The second kappa shape index (κ2) is 12.1. The van der Waals surface area contributed by atoms with Crippen LogP contribution in [0.3, 0.4) is 0 Å². The van der Waals surface area contributed by atoms with Crippen LogP contribution in [0.4, 0.5) is 4.39 Å². The zero-order chi connectivity index (χ0) is 21.8. The van der Waals surface area contributed by atoms with E-state index in [1.54, 1.807) is 6.07 Å². The molecule has 0 fully saturated rings. The molecule has 174 valence electrons. The van der Waals surface area contributed by atoms with Crippen LogP contribution in [0.15, 0.2) is 66.7 Å². The first-order chi connectivity index (χ1) is 15.1. The maximum absolute atomic E-state index is 13.8. The first-order valence-electron chi connectivity index (χ1n) is 10.3. The second-order valence-corrected chi connectivity index (χ2v) is 7.52. The molecule has 0 spiro atoms. The van der Waals surface area contributed by atoms with Gasteiger partial charge in [0.2, 0.25) is 0 Å². The van der Waals surface area contributed by atoms with Crippen molar-refractivity contribution in [3.8, 4) is 22.4 Å². The Morgan fingerprint density at radius 3 is 2.36 bits per heavy atom. The van der Waals surface area contributed by atoms with Crippen molar-refractivity contribution in [3.05, 3.63) is 89.2 Å². The minimum atomic E-state index is -0.347. The lowest BCUT2D eigenvalue weighted by Crippen LogP contribution is -2.18. The van der Waals surface area contributed by atoms with Gasteiger partial charge in [-0.25, -0.2) is 9.37 Å². The number of pyridine rings is 1. The summed E-state index contributed by atoms with van der Waals surface area (Å²) in [4.78, 5) is 4.80. The second-order valence-electron chi connectivity index (χ2n) is 7.52. The van der Waals surface area contributed by atoms with Crippen molar-refractivity contribution < 1.29 is 14.6 Å². The third kappa shape index (κ3) is 5.69. The fraction of sp³-hybridized carbons (Fsp3) is 0.192. The smallest absolute Gasteiger partial charge is 0.123 e. The number of rotatable bonds is 7. The summed E-state index contributed by atoms with van der Waals surface area (Å²) in [5.74, 6) is -0.347. The van der Waals surface area contributed by atoms with Crippen LogP contribution in [0.2, 0.25) is 0 Å². The van der Waals surface area contributed by atoms with E-state index in [1.807, 2.05) is 31.2 Å². The monoisotopic (exact) mass is 488 g/mol. The van der Waals surface area contributed by atoms with Crippen LogP contribution < -0.4 is 5.32 Å². The highest BCUT2D eigenvalue weighted by Gasteiger charge is 2.15. The van der Waals surface area contributed by atoms with Gasteiger partial charge < -0.3 is 15.5 Å². The molecule has 3 aromatic carbocycles. The number of aliphatic hydroxyl groups is 2. The van der Waals surface area contributed by atoms with Crippen molar-refractivity contribution in [2.75, 3.05) is 13.2 Å². The molecule has 0 bridgehead atoms. The van der Waals surface area contributed by atoms with Gasteiger partial charge in [-0.3, -0.25) is 0 Å². The van der Waals surface area contributed by atoms with Crippen molar-refractivity contribution >= 4 is 35.7 Å². The maximum Gasteiger partial charge on any atom is 0.123 e. The molecule has 0 aliphatic rings. The average Bonchev–Trinajstić information content (AvgIpc) is 2.79. The summed E-state index contributed by atoms with van der Waals surface area (Å²) in [7, 11) is 0. The number of fused-ring (bicyclic) bond motifs is 1. The molecule has 0 aliphatic carbocycles. The molecule has 7 heteroatoms. The molecular weight excluding hydrogens is 462 g/mol. The van der Waals surface area contributed by atoms with E-state index in [4.69, 9.17) is 10.1 Å². The summed E-state index contributed by atoms with van der Waals surface area (Å²) in [5.41, 5.74) is 7.18. The van der Waals surface area contributed by atoms with Gasteiger partial charge in [0.25, 0.3) is 0 Å². The highest BCUT2D eigenvalue weighted by molar-refractivity contribution is 5.88. The standard InChI is InChI=1S/C26H25FN2O2.2ClH/c1-17-24(16-31)23-14-21(27)8-10-25(23)29-26(17)19-7-9-22(18-5-3-2-4-6-18)20(13-19)15-28-11-12-30;;/h2-10,13-14,28,30-31H,11-12,15-16H2,1H3;2*1H. The predicted octanol–water partition coefficient (Wildman–Crippen LogP) is 5.43. The van der Waals surface area contributed by atoms with Crippen molar-refractivity contribution in [3.63, 3.8) is 0 Å². The first-order valence-corrected chi connectivity index (χ1v) is 10.3.